The average molecular weight is 345 g/mol. The molecule has 25 heavy (non-hydrogen) atoms. The normalized spacial score (nSPS) is 25.7. The van der Waals surface area contributed by atoms with Crippen molar-refractivity contribution in [1.29, 1.82) is 5.26 Å². The minimum absolute atomic E-state index is 0.331. The molecule has 2 aliphatic rings. The minimum Gasteiger partial charge on any atom is -0.493 e. The van der Waals surface area contributed by atoms with Crippen LogP contribution < -0.4 is 9.47 Å². The van der Waals surface area contributed by atoms with Crippen molar-refractivity contribution in [2.45, 2.75) is 50.0 Å². The topological polar surface area (TPSA) is 88.8 Å². The van der Waals surface area contributed by atoms with Gasteiger partial charge in [-0.25, -0.2) is 4.79 Å². The molecule has 2 aliphatic carbocycles. The Morgan fingerprint density at radius 1 is 1.28 bits per heavy atom. The van der Waals surface area contributed by atoms with Crippen molar-refractivity contribution in [1.82, 2.24) is 0 Å². The molecule has 1 N–H and O–H groups in total. The smallest absolute Gasteiger partial charge is 0.493 e. The van der Waals surface area contributed by atoms with Gasteiger partial charge in [0.05, 0.1) is 25.2 Å². The highest BCUT2D eigenvalue weighted by molar-refractivity contribution is 5.57. The summed E-state index contributed by atoms with van der Waals surface area (Å²) in [5.41, 5.74) is 0.262. The maximum Gasteiger partial charge on any atom is 0.506 e. The van der Waals surface area contributed by atoms with E-state index >= 15 is 0 Å². The fraction of sp³-hybridized carbons (Fsp3) is 0.579. The van der Waals surface area contributed by atoms with Crippen molar-refractivity contribution in [2.75, 3.05) is 13.7 Å². The molecule has 0 unspecified atom stereocenters. The van der Waals surface area contributed by atoms with E-state index in [-0.39, 0.29) is 6.10 Å². The fourth-order valence-corrected chi connectivity index (χ4v) is 3.39. The minimum atomic E-state index is -1.25. The number of hydrogen-bond acceptors (Lipinski definition) is 5. The molecule has 0 amide bonds. The Morgan fingerprint density at radius 2 is 2.00 bits per heavy atom. The highest BCUT2D eigenvalue weighted by Crippen LogP contribution is 2.43. The van der Waals surface area contributed by atoms with Gasteiger partial charge in [-0.15, -0.1) is 0 Å². The fourth-order valence-electron chi connectivity index (χ4n) is 3.39. The van der Waals surface area contributed by atoms with Crippen molar-refractivity contribution < 1.29 is 24.1 Å². The van der Waals surface area contributed by atoms with Crippen molar-refractivity contribution in [3.05, 3.63) is 23.8 Å². The molecular weight excluding hydrogens is 322 g/mol. The van der Waals surface area contributed by atoms with E-state index in [1.54, 1.807) is 7.11 Å². The Hall–Kier alpha value is -2.42. The van der Waals surface area contributed by atoms with Gasteiger partial charge in [-0.05, 0) is 62.1 Å². The molecule has 0 heterocycles. The molecule has 134 valence electrons. The first-order valence-electron chi connectivity index (χ1n) is 8.68. The number of ether oxygens (including phenoxy) is 3. The molecule has 0 radical (unpaired) electrons. The summed E-state index contributed by atoms with van der Waals surface area (Å²) in [7, 11) is 1.60. The number of carboxylic acid groups (broad SMARTS) is 1. The number of nitriles is 1. The summed E-state index contributed by atoms with van der Waals surface area (Å²) < 4.78 is 16.1. The van der Waals surface area contributed by atoms with Crippen LogP contribution in [0, 0.1) is 17.2 Å². The molecule has 6 heteroatoms. The van der Waals surface area contributed by atoms with Gasteiger partial charge >= 0.3 is 6.16 Å². The molecule has 2 saturated carbocycles. The number of benzene rings is 1. The van der Waals surface area contributed by atoms with Gasteiger partial charge in [-0.2, -0.15) is 5.26 Å². The van der Waals surface area contributed by atoms with Gasteiger partial charge in [0.25, 0.3) is 0 Å². The molecule has 6 nitrogen and oxygen atoms in total. The molecule has 0 spiro atoms. The summed E-state index contributed by atoms with van der Waals surface area (Å²) in [5.74, 6) is 1.97. The van der Waals surface area contributed by atoms with Gasteiger partial charge in [-0.1, -0.05) is 6.07 Å². The second kappa shape index (κ2) is 7.22. The first kappa shape index (κ1) is 17.4. The summed E-state index contributed by atoms with van der Waals surface area (Å²) in [6.07, 6.45) is 3.04. The van der Waals surface area contributed by atoms with Gasteiger partial charge < -0.3 is 19.3 Å². The zero-order chi connectivity index (χ0) is 17.9. The van der Waals surface area contributed by atoms with Crippen molar-refractivity contribution in [3.63, 3.8) is 0 Å². The van der Waals surface area contributed by atoms with Crippen LogP contribution in [0.4, 0.5) is 4.79 Å². The van der Waals surface area contributed by atoms with Gasteiger partial charge in [0, 0.05) is 0 Å². The standard InChI is InChI=1S/C19H23NO5/c1-23-16-5-4-14(10-17(16)24-11-13-2-3-13)19(12-20)8-6-15(7-9-19)25-18(21)22/h4-5,10,13,15H,2-3,6-9,11H2,1H3,(H,21,22)/t15-,19+. The Balaban J connectivity index is 1.77. The first-order valence-corrected chi connectivity index (χ1v) is 8.68. The highest BCUT2D eigenvalue weighted by Gasteiger charge is 2.39. The lowest BCUT2D eigenvalue weighted by molar-refractivity contribution is 0.0286. The van der Waals surface area contributed by atoms with Crippen LogP contribution >= 0.6 is 0 Å². The van der Waals surface area contributed by atoms with Crippen molar-refractivity contribution in [2.24, 2.45) is 5.92 Å². The third-order valence-corrected chi connectivity index (χ3v) is 5.16. The van der Waals surface area contributed by atoms with Gasteiger partial charge in [0.1, 0.15) is 6.10 Å². The van der Waals surface area contributed by atoms with E-state index in [4.69, 9.17) is 19.3 Å². The Labute approximate surface area is 147 Å². The van der Waals surface area contributed by atoms with E-state index in [9.17, 15) is 10.1 Å². The summed E-state index contributed by atoms with van der Waals surface area (Å²) in [6.45, 7) is 0.674. The number of methoxy groups -OCH3 is 1. The lowest BCUT2D eigenvalue weighted by atomic mass is 9.69. The Bertz CT molecular complexity index is 669. The number of hydrogen-bond donors (Lipinski definition) is 1. The molecule has 0 saturated heterocycles. The maximum absolute atomic E-state index is 10.7. The van der Waals surface area contributed by atoms with E-state index in [1.165, 1.54) is 12.8 Å². The molecule has 2 fully saturated rings. The third kappa shape index (κ3) is 3.98. The second-order valence-corrected chi connectivity index (χ2v) is 6.90. The summed E-state index contributed by atoms with van der Waals surface area (Å²) in [6, 6.07) is 8.11. The van der Waals surface area contributed by atoms with Crippen molar-refractivity contribution in [3.8, 4) is 17.6 Å². The van der Waals surface area contributed by atoms with E-state index < -0.39 is 11.6 Å². The lowest BCUT2D eigenvalue weighted by Crippen LogP contribution is -2.34. The largest absolute Gasteiger partial charge is 0.506 e. The Kier molecular flexibility index (Phi) is 5.03. The summed E-state index contributed by atoms with van der Waals surface area (Å²) >= 11 is 0. The van der Waals surface area contributed by atoms with Crippen LogP contribution in [-0.2, 0) is 10.2 Å². The summed E-state index contributed by atoms with van der Waals surface area (Å²) in [5, 5.41) is 18.6. The lowest BCUT2D eigenvalue weighted by Gasteiger charge is -2.34. The number of carbonyl (C=O) groups is 1. The Morgan fingerprint density at radius 3 is 2.56 bits per heavy atom. The van der Waals surface area contributed by atoms with Crippen LogP contribution in [0.5, 0.6) is 11.5 Å². The molecule has 0 aromatic heterocycles. The van der Waals surface area contributed by atoms with Crippen LogP contribution in [0.25, 0.3) is 0 Å². The zero-order valence-electron chi connectivity index (χ0n) is 14.4. The van der Waals surface area contributed by atoms with E-state index in [0.717, 1.165) is 5.56 Å². The number of nitrogens with zero attached hydrogens (tertiary/aromatic N) is 1. The van der Waals surface area contributed by atoms with Crippen LogP contribution in [0.2, 0.25) is 0 Å². The van der Waals surface area contributed by atoms with Gasteiger partial charge in [-0.3, -0.25) is 0 Å². The molecule has 1 aromatic rings. The molecular formula is C19H23NO5. The quantitative estimate of drug-likeness (QED) is 0.787. The number of rotatable bonds is 6. The predicted octanol–water partition coefficient (Wildman–Crippen LogP) is 3.88. The second-order valence-electron chi connectivity index (χ2n) is 6.90. The van der Waals surface area contributed by atoms with E-state index in [0.29, 0.717) is 49.7 Å². The third-order valence-electron chi connectivity index (χ3n) is 5.16. The van der Waals surface area contributed by atoms with Gasteiger partial charge in [0.15, 0.2) is 11.5 Å². The molecule has 0 aliphatic heterocycles. The van der Waals surface area contributed by atoms with Crippen LogP contribution in [0.15, 0.2) is 18.2 Å². The molecule has 0 bridgehead atoms. The molecule has 0 atom stereocenters. The summed E-state index contributed by atoms with van der Waals surface area (Å²) in [4.78, 5) is 10.7. The maximum atomic E-state index is 10.7. The van der Waals surface area contributed by atoms with E-state index in [1.807, 2.05) is 18.2 Å². The monoisotopic (exact) mass is 345 g/mol. The predicted molar refractivity (Wildman–Crippen MR) is 89.9 cm³/mol. The molecule has 1 aromatic carbocycles. The van der Waals surface area contributed by atoms with Crippen LogP contribution in [-0.4, -0.2) is 31.1 Å². The SMILES string of the molecule is COc1ccc([C@]2(C#N)CC[C@H](OC(=O)O)CC2)cc1OCC1CC1. The molecule has 3 rings (SSSR count). The zero-order valence-corrected chi connectivity index (χ0v) is 14.4. The van der Waals surface area contributed by atoms with Gasteiger partial charge in [0.2, 0.25) is 0 Å². The van der Waals surface area contributed by atoms with E-state index in [2.05, 4.69) is 6.07 Å². The highest BCUT2D eigenvalue weighted by atomic mass is 16.7. The average Bonchev–Trinajstić information content (AvgIpc) is 3.44. The first-order chi connectivity index (χ1) is 12.1. The van der Waals surface area contributed by atoms with Crippen LogP contribution in [0.1, 0.15) is 44.1 Å². The van der Waals surface area contributed by atoms with Crippen molar-refractivity contribution >= 4 is 6.16 Å². The van der Waals surface area contributed by atoms with Crippen LogP contribution in [0.3, 0.4) is 0 Å².